The van der Waals surface area contributed by atoms with Gasteiger partial charge in [-0.3, -0.25) is 4.79 Å². The van der Waals surface area contributed by atoms with Gasteiger partial charge in [0, 0.05) is 6.20 Å². The van der Waals surface area contributed by atoms with Crippen molar-refractivity contribution in [3.8, 4) is 0 Å². The van der Waals surface area contributed by atoms with Crippen LogP contribution in [0, 0.1) is 0 Å². The van der Waals surface area contributed by atoms with Crippen molar-refractivity contribution in [1.29, 1.82) is 0 Å². The first-order chi connectivity index (χ1) is 6.86. The zero-order chi connectivity index (χ0) is 11.6. The molecule has 0 saturated carbocycles. The second kappa shape index (κ2) is 3.71. The van der Waals surface area contributed by atoms with Crippen LogP contribution in [0.3, 0.4) is 0 Å². The van der Waals surface area contributed by atoms with E-state index < -0.39 is 29.1 Å². The number of esters is 1. The van der Waals surface area contributed by atoms with Crippen molar-refractivity contribution in [1.82, 2.24) is 9.97 Å². The average molecular weight is 222 g/mol. The van der Waals surface area contributed by atoms with Crippen LogP contribution >= 0.6 is 0 Å². The van der Waals surface area contributed by atoms with E-state index in [1.807, 2.05) is 0 Å². The first-order valence-corrected chi connectivity index (χ1v) is 3.61. The molecule has 8 heteroatoms. The van der Waals surface area contributed by atoms with Crippen LogP contribution in [-0.2, 0) is 10.9 Å². The molecular formula is C7H5F3N2O3. The molecule has 82 valence electrons. The summed E-state index contributed by atoms with van der Waals surface area (Å²) < 4.78 is 40.6. The molecule has 0 atom stereocenters. The lowest BCUT2D eigenvalue weighted by molar-refractivity contribution is -0.142. The highest BCUT2D eigenvalue weighted by atomic mass is 19.4. The number of halogens is 3. The standard InChI is InChI=1S/C7H5F3N2O3/c1-15-6(14)3-2-11-5(13)4(12-3)7(8,9)10/h2H,1H3,(H,11,13). The molecule has 5 nitrogen and oxygen atoms in total. The van der Waals surface area contributed by atoms with Crippen molar-refractivity contribution in [2.75, 3.05) is 7.11 Å². The topological polar surface area (TPSA) is 72.1 Å². The Kier molecular flexibility index (Phi) is 2.78. The number of methoxy groups -OCH3 is 1. The number of hydrogen-bond donors (Lipinski definition) is 1. The number of nitrogens with zero attached hydrogens (tertiary/aromatic N) is 1. The van der Waals surface area contributed by atoms with Gasteiger partial charge in [0.2, 0.25) is 5.69 Å². The minimum Gasteiger partial charge on any atom is -0.464 e. The SMILES string of the molecule is COC(=O)c1c[nH]c(=O)c(C(F)(F)F)n1. The number of aromatic amines is 1. The Bertz CT molecular complexity index is 438. The zero-order valence-electron chi connectivity index (χ0n) is 7.38. The molecule has 0 unspecified atom stereocenters. The van der Waals surface area contributed by atoms with Gasteiger partial charge in [0.05, 0.1) is 7.11 Å². The Morgan fingerprint density at radius 2 is 2.13 bits per heavy atom. The number of carbonyl (C=O) groups excluding carboxylic acids is 1. The maximum absolute atomic E-state index is 12.2. The van der Waals surface area contributed by atoms with Crippen LogP contribution in [0.15, 0.2) is 11.0 Å². The molecule has 1 aromatic rings. The summed E-state index contributed by atoms with van der Waals surface area (Å²) in [5, 5.41) is 0. The van der Waals surface area contributed by atoms with Crippen molar-refractivity contribution in [2.24, 2.45) is 0 Å². The maximum Gasteiger partial charge on any atom is 0.438 e. The molecule has 0 aliphatic carbocycles. The first-order valence-electron chi connectivity index (χ1n) is 3.61. The van der Waals surface area contributed by atoms with E-state index >= 15 is 0 Å². The highest BCUT2D eigenvalue weighted by Gasteiger charge is 2.36. The number of ether oxygens (including phenoxy) is 1. The van der Waals surface area contributed by atoms with E-state index in [0.29, 0.717) is 0 Å². The number of hydrogen-bond acceptors (Lipinski definition) is 4. The van der Waals surface area contributed by atoms with Gasteiger partial charge in [-0.05, 0) is 0 Å². The Morgan fingerprint density at radius 1 is 1.53 bits per heavy atom. The van der Waals surface area contributed by atoms with E-state index in [9.17, 15) is 22.8 Å². The van der Waals surface area contributed by atoms with Crippen molar-refractivity contribution in [2.45, 2.75) is 6.18 Å². The number of aromatic nitrogens is 2. The van der Waals surface area contributed by atoms with Crippen molar-refractivity contribution >= 4 is 5.97 Å². The summed E-state index contributed by atoms with van der Waals surface area (Å²) in [4.78, 5) is 26.2. The molecule has 0 aliphatic rings. The van der Waals surface area contributed by atoms with Crippen molar-refractivity contribution in [3.63, 3.8) is 0 Å². The molecule has 0 saturated heterocycles. The van der Waals surface area contributed by atoms with Crippen LogP contribution in [0.1, 0.15) is 16.2 Å². The van der Waals surface area contributed by atoms with Crippen LogP contribution in [-0.4, -0.2) is 23.0 Å². The summed E-state index contributed by atoms with van der Waals surface area (Å²) in [5.41, 5.74) is -3.69. The minimum absolute atomic E-state index is 0.607. The largest absolute Gasteiger partial charge is 0.464 e. The third kappa shape index (κ3) is 2.33. The molecule has 0 amide bonds. The predicted molar refractivity (Wildman–Crippen MR) is 41.2 cm³/mol. The summed E-state index contributed by atoms with van der Waals surface area (Å²) in [7, 11) is 0.988. The lowest BCUT2D eigenvalue weighted by Gasteiger charge is -2.05. The van der Waals surface area contributed by atoms with Crippen LogP contribution in [0.2, 0.25) is 0 Å². The van der Waals surface area contributed by atoms with Gasteiger partial charge >= 0.3 is 12.1 Å². The number of rotatable bonds is 1. The quantitative estimate of drug-likeness (QED) is 0.705. The van der Waals surface area contributed by atoms with Gasteiger partial charge in [0.25, 0.3) is 5.56 Å². The highest BCUT2D eigenvalue weighted by Crippen LogP contribution is 2.24. The van der Waals surface area contributed by atoms with E-state index in [1.54, 1.807) is 4.98 Å². The summed E-state index contributed by atoms with van der Waals surface area (Å²) in [5.74, 6) is -1.06. The van der Waals surface area contributed by atoms with Gasteiger partial charge in [-0.2, -0.15) is 13.2 Å². The molecule has 0 fully saturated rings. The fraction of sp³-hybridized carbons (Fsp3) is 0.286. The average Bonchev–Trinajstić information content (AvgIpc) is 2.15. The third-order valence-corrected chi connectivity index (χ3v) is 1.45. The molecule has 0 bridgehead atoms. The molecule has 1 N–H and O–H groups in total. The van der Waals surface area contributed by atoms with Crippen LogP contribution in [0.4, 0.5) is 13.2 Å². The minimum atomic E-state index is -4.91. The Morgan fingerprint density at radius 3 is 2.60 bits per heavy atom. The lowest BCUT2D eigenvalue weighted by Crippen LogP contribution is -2.25. The van der Waals surface area contributed by atoms with Crippen molar-refractivity contribution < 1.29 is 22.7 Å². The first kappa shape index (κ1) is 11.2. The van der Waals surface area contributed by atoms with E-state index in [0.717, 1.165) is 13.3 Å². The molecular weight excluding hydrogens is 217 g/mol. The van der Waals surface area contributed by atoms with Gasteiger partial charge in [0.1, 0.15) is 0 Å². The zero-order valence-corrected chi connectivity index (χ0v) is 7.38. The number of nitrogens with one attached hydrogen (secondary N) is 1. The number of H-pyrrole nitrogens is 1. The van der Waals surface area contributed by atoms with Crippen LogP contribution in [0.25, 0.3) is 0 Å². The molecule has 1 aromatic heterocycles. The van der Waals surface area contributed by atoms with Gasteiger partial charge in [0.15, 0.2) is 5.69 Å². The summed E-state index contributed by atoms with van der Waals surface area (Å²) in [6.07, 6.45) is -4.15. The number of alkyl halides is 3. The Balaban J connectivity index is 3.29. The Labute approximate surface area is 80.9 Å². The van der Waals surface area contributed by atoms with Crippen LogP contribution < -0.4 is 5.56 Å². The van der Waals surface area contributed by atoms with Crippen molar-refractivity contribution in [3.05, 3.63) is 27.9 Å². The maximum atomic E-state index is 12.2. The molecule has 0 aliphatic heterocycles. The molecule has 1 heterocycles. The van der Waals surface area contributed by atoms with E-state index in [2.05, 4.69) is 9.72 Å². The monoisotopic (exact) mass is 222 g/mol. The summed E-state index contributed by atoms with van der Waals surface area (Å²) >= 11 is 0. The fourth-order valence-corrected chi connectivity index (χ4v) is 0.807. The van der Waals surface area contributed by atoms with Gasteiger partial charge in [-0.15, -0.1) is 0 Å². The van der Waals surface area contributed by atoms with Crippen LogP contribution in [0.5, 0.6) is 0 Å². The normalized spacial score (nSPS) is 11.2. The second-order valence-corrected chi connectivity index (χ2v) is 2.45. The van der Waals surface area contributed by atoms with E-state index in [1.165, 1.54) is 0 Å². The van der Waals surface area contributed by atoms with Gasteiger partial charge in [-0.1, -0.05) is 0 Å². The van der Waals surface area contributed by atoms with E-state index in [-0.39, 0.29) is 0 Å². The molecule has 15 heavy (non-hydrogen) atoms. The summed E-state index contributed by atoms with van der Waals surface area (Å²) in [6.45, 7) is 0. The predicted octanol–water partition coefficient (Wildman–Crippen LogP) is 0.575. The third-order valence-electron chi connectivity index (χ3n) is 1.45. The highest BCUT2D eigenvalue weighted by molar-refractivity contribution is 5.86. The molecule has 0 aromatic carbocycles. The van der Waals surface area contributed by atoms with Gasteiger partial charge < -0.3 is 9.72 Å². The number of carbonyl (C=O) groups is 1. The lowest BCUT2D eigenvalue weighted by atomic mass is 10.4. The Hall–Kier alpha value is -1.86. The summed E-state index contributed by atoms with van der Waals surface area (Å²) in [6, 6.07) is 0. The second-order valence-electron chi connectivity index (χ2n) is 2.45. The smallest absolute Gasteiger partial charge is 0.438 e. The molecule has 1 rings (SSSR count). The van der Waals surface area contributed by atoms with Gasteiger partial charge in [-0.25, -0.2) is 9.78 Å². The molecule has 0 radical (unpaired) electrons. The fourth-order valence-electron chi connectivity index (χ4n) is 0.807. The van der Waals surface area contributed by atoms with E-state index in [4.69, 9.17) is 0 Å². The molecule has 0 spiro atoms.